The first-order valence-corrected chi connectivity index (χ1v) is 6.73. The predicted molar refractivity (Wildman–Crippen MR) is 75.8 cm³/mol. The Morgan fingerprint density at radius 1 is 1.00 bits per heavy atom. The van der Waals surface area contributed by atoms with Crippen LogP contribution in [-0.2, 0) is 17.8 Å². The lowest BCUT2D eigenvalue weighted by atomic mass is 10.1. The van der Waals surface area contributed by atoms with E-state index in [9.17, 15) is 4.79 Å². The number of rotatable bonds is 5. The molecule has 1 aliphatic carbocycles. The highest BCUT2D eigenvalue weighted by atomic mass is 16.7. The van der Waals surface area contributed by atoms with E-state index in [1.165, 1.54) is 0 Å². The van der Waals surface area contributed by atoms with Crippen LogP contribution >= 0.6 is 0 Å². The number of Topliss-reactive ketones (excluding diaryl/α,β-unsaturated/α-hetero) is 1. The number of ketones is 1. The van der Waals surface area contributed by atoms with Crippen LogP contribution in [0.4, 0.5) is 0 Å². The third-order valence-electron chi connectivity index (χ3n) is 3.42. The summed E-state index contributed by atoms with van der Waals surface area (Å²) in [6, 6.07) is 15.6. The summed E-state index contributed by atoms with van der Waals surface area (Å²) in [7, 11) is 0. The fourth-order valence-electron chi connectivity index (χ4n) is 2.37. The fraction of sp³-hybridized carbons (Fsp3) is 0.235. The van der Waals surface area contributed by atoms with Crippen molar-refractivity contribution >= 4 is 5.78 Å². The standard InChI is InChI=1S/C17H16O3/c18-17-9-6-14-10-15(7-8-16(14)17)20-12-19-11-13-4-2-1-3-5-13/h1-5,7-8,10H,6,9,11-12H2. The van der Waals surface area contributed by atoms with Gasteiger partial charge in [0, 0.05) is 12.0 Å². The van der Waals surface area contributed by atoms with Gasteiger partial charge < -0.3 is 9.47 Å². The second kappa shape index (κ2) is 5.88. The van der Waals surface area contributed by atoms with Crippen molar-refractivity contribution in [1.82, 2.24) is 0 Å². The minimum atomic E-state index is 0.210. The van der Waals surface area contributed by atoms with E-state index in [1.807, 2.05) is 48.5 Å². The maximum Gasteiger partial charge on any atom is 0.189 e. The molecule has 2 aromatic rings. The molecule has 0 saturated carbocycles. The average Bonchev–Trinajstić information content (AvgIpc) is 2.86. The average molecular weight is 268 g/mol. The molecule has 0 radical (unpaired) electrons. The summed E-state index contributed by atoms with van der Waals surface area (Å²) < 4.78 is 11.0. The molecule has 0 N–H and O–H groups in total. The summed E-state index contributed by atoms with van der Waals surface area (Å²) in [5.41, 5.74) is 3.04. The largest absolute Gasteiger partial charge is 0.468 e. The number of carbonyl (C=O) groups is 1. The Bertz CT molecular complexity index is 605. The lowest BCUT2D eigenvalue weighted by Crippen LogP contribution is -2.03. The molecule has 1 aliphatic rings. The second-order valence-corrected chi connectivity index (χ2v) is 4.84. The van der Waals surface area contributed by atoms with Crippen molar-refractivity contribution in [3.8, 4) is 5.75 Å². The molecule has 0 fully saturated rings. The van der Waals surface area contributed by atoms with Gasteiger partial charge in [-0.15, -0.1) is 0 Å². The maximum absolute atomic E-state index is 11.5. The van der Waals surface area contributed by atoms with Crippen molar-refractivity contribution in [3.63, 3.8) is 0 Å². The molecule has 0 unspecified atom stereocenters. The van der Waals surface area contributed by atoms with Gasteiger partial charge in [0.1, 0.15) is 5.75 Å². The molecule has 0 saturated heterocycles. The van der Waals surface area contributed by atoms with Crippen LogP contribution in [0.3, 0.4) is 0 Å². The van der Waals surface area contributed by atoms with Crippen LogP contribution in [0.1, 0.15) is 27.9 Å². The highest BCUT2D eigenvalue weighted by molar-refractivity contribution is 6.00. The van der Waals surface area contributed by atoms with E-state index < -0.39 is 0 Å². The van der Waals surface area contributed by atoms with Gasteiger partial charge in [0.05, 0.1) is 6.61 Å². The molecule has 0 bridgehead atoms. The lowest BCUT2D eigenvalue weighted by Gasteiger charge is -2.08. The third kappa shape index (κ3) is 2.89. The number of ether oxygens (including phenoxy) is 2. The van der Waals surface area contributed by atoms with Gasteiger partial charge >= 0.3 is 0 Å². The Balaban J connectivity index is 1.51. The maximum atomic E-state index is 11.5. The van der Waals surface area contributed by atoms with Crippen LogP contribution in [0.25, 0.3) is 0 Å². The Morgan fingerprint density at radius 3 is 2.70 bits per heavy atom. The van der Waals surface area contributed by atoms with Gasteiger partial charge in [0.25, 0.3) is 0 Å². The van der Waals surface area contributed by atoms with Crippen molar-refractivity contribution in [2.75, 3.05) is 6.79 Å². The second-order valence-electron chi connectivity index (χ2n) is 4.84. The van der Waals surface area contributed by atoms with Crippen molar-refractivity contribution in [2.45, 2.75) is 19.4 Å². The number of fused-ring (bicyclic) bond motifs is 1. The van der Waals surface area contributed by atoms with Crippen LogP contribution in [0, 0.1) is 0 Å². The van der Waals surface area contributed by atoms with Crippen molar-refractivity contribution in [2.24, 2.45) is 0 Å². The van der Waals surface area contributed by atoms with Crippen molar-refractivity contribution < 1.29 is 14.3 Å². The molecule has 3 rings (SSSR count). The lowest BCUT2D eigenvalue weighted by molar-refractivity contribution is 0.00502. The molecule has 102 valence electrons. The zero-order valence-corrected chi connectivity index (χ0v) is 11.2. The molecule has 20 heavy (non-hydrogen) atoms. The number of carbonyl (C=O) groups excluding carboxylic acids is 1. The molecule has 2 aromatic carbocycles. The van der Waals surface area contributed by atoms with E-state index in [-0.39, 0.29) is 12.6 Å². The number of benzene rings is 2. The summed E-state index contributed by atoms with van der Waals surface area (Å²) in [6.45, 7) is 0.742. The molecule has 3 heteroatoms. The Morgan fingerprint density at radius 2 is 1.85 bits per heavy atom. The molecule has 0 aliphatic heterocycles. The first-order valence-electron chi connectivity index (χ1n) is 6.73. The molecule has 0 amide bonds. The minimum Gasteiger partial charge on any atom is -0.468 e. The quantitative estimate of drug-likeness (QED) is 0.616. The molecule has 0 spiro atoms. The third-order valence-corrected chi connectivity index (χ3v) is 3.42. The first kappa shape index (κ1) is 12.9. The van der Waals surface area contributed by atoms with Crippen LogP contribution in [0.5, 0.6) is 5.75 Å². The van der Waals surface area contributed by atoms with E-state index >= 15 is 0 Å². The molecule has 3 nitrogen and oxygen atoms in total. The SMILES string of the molecule is O=C1CCc2cc(OCOCc3ccccc3)ccc21. The Hall–Kier alpha value is -2.13. The van der Waals surface area contributed by atoms with Crippen LogP contribution in [0.2, 0.25) is 0 Å². The van der Waals surface area contributed by atoms with Gasteiger partial charge in [-0.1, -0.05) is 30.3 Å². The van der Waals surface area contributed by atoms with E-state index in [0.717, 1.165) is 28.9 Å². The summed E-state index contributed by atoms with van der Waals surface area (Å²) >= 11 is 0. The van der Waals surface area contributed by atoms with Crippen molar-refractivity contribution in [3.05, 3.63) is 65.2 Å². The zero-order valence-electron chi connectivity index (χ0n) is 11.2. The van der Waals surface area contributed by atoms with Gasteiger partial charge in [-0.05, 0) is 35.7 Å². The highest BCUT2D eigenvalue weighted by Crippen LogP contribution is 2.26. The fourth-order valence-corrected chi connectivity index (χ4v) is 2.37. The van der Waals surface area contributed by atoms with Gasteiger partial charge in [0.2, 0.25) is 0 Å². The summed E-state index contributed by atoms with van der Waals surface area (Å²) in [4.78, 5) is 11.5. The molecular weight excluding hydrogens is 252 g/mol. The summed E-state index contributed by atoms with van der Waals surface area (Å²) in [6.07, 6.45) is 1.43. The topological polar surface area (TPSA) is 35.5 Å². The van der Waals surface area contributed by atoms with Gasteiger partial charge in [0.15, 0.2) is 12.6 Å². The minimum absolute atomic E-state index is 0.210. The van der Waals surface area contributed by atoms with E-state index in [4.69, 9.17) is 9.47 Å². The van der Waals surface area contributed by atoms with E-state index in [1.54, 1.807) is 0 Å². The van der Waals surface area contributed by atoms with Gasteiger partial charge in [-0.2, -0.15) is 0 Å². The van der Waals surface area contributed by atoms with Crippen LogP contribution < -0.4 is 4.74 Å². The number of hydrogen-bond acceptors (Lipinski definition) is 3. The van der Waals surface area contributed by atoms with Gasteiger partial charge in [-0.25, -0.2) is 0 Å². The smallest absolute Gasteiger partial charge is 0.189 e. The predicted octanol–water partition coefficient (Wildman–Crippen LogP) is 3.37. The van der Waals surface area contributed by atoms with E-state index in [2.05, 4.69) is 0 Å². The molecule has 0 aromatic heterocycles. The summed E-state index contributed by atoms with van der Waals surface area (Å²) in [5, 5.41) is 0. The zero-order chi connectivity index (χ0) is 13.8. The highest BCUT2D eigenvalue weighted by Gasteiger charge is 2.19. The number of aryl methyl sites for hydroxylation is 1. The number of hydrogen-bond donors (Lipinski definition) is 0. The van der Waals surface area contributed by atoms with Crippen LogP contribution in [-0.4, -0.2) is 12.6 Å². The summed E-state index contributed by atoms with van der Waals surface area (Å²) in [5.74, 6) is 0.985. The Labute approximate surface area is 118 Å². The van der Waals surface area contributed by atoms with Crippen molar-refractivity contribution in [1.29, 1.82) is 0 Å². The first-order chi connectivity index (χ1) is 9.83. The molecule has 0 heterocycles. The Kier molecular flexibility index (Phi) is 3.79. The van der Waals surface area contributed by atoms with E-state index in [0.29, 0.717) is 13.0 Å². The van der Waals surface area contributed by atoms with Gasteiger partial charge in [-0.3, -0.25) is 4.79 Å². The normalized spacial score (nSPS) is 13.3. The molecule has 0 atom stereocenters. The molecular formula is C17H16O3. The monoisotopic (exact) mass is 268 g/mol. The van der Waals surface area contributed by atoms with Crippen LogP contribution in [0.15, 0.2) is 48.5 Å².